The van der Waals surface area contributed by atoms with Gasteiger partial charge >= 0.3 is 0 Å². The lowest BCUT2D eigenvalue weighted by Gasteiger charge is -2.13. The summed E-state index contributed by atoms with van der Waals surface area (Å²) in [4.78, 5) is 19.5. The highest BCUT2D eigenvalue weighted by Crippen LogP contribution is 2.32. The highest BCUT2D eigenvalue weighted by Gasteiger charge is 2.13. The number of anilines is 1. The van der Waals surface area contributed by atoms with Crippen LogP contribution in [0, 0.1) is 0 Å². The molecule has 0 fully saturated rings. The number of ether oxygens (including phenoxy) is 2. The van der Waals surface area contributed by atoms with Crippen molar-refractivity contribution in [3.8, 4) is 23.0 Å². The van der Waals surface area contributed by atoms with Crippen molar-refractivity contribution in [3.05, 3.63) is 65.3 Å². The molecule has 0 saturated heterocycles. The number of nitrogens with one attached hydrogen (secondary N) is 1. The summed E-state index contributed by atoms with van der Waals surface area (Å²) in [6.45, 7) is 0.301. The van der Waals surface area contributed by atoms with Crippen molar-refractivity contribution in [2.75, 3.05) is 19.0 Å². The molecule has 0 saturated carbocycles. The Bertz CT molecular complexity index is 1210. The van der Waals surface area contributed by atoms with Crippen molar-refractivity contribution >= 4 is 34.4 Å². The second-order valence-electron chi connectivity index (χ2n) is 6.63. The first-order valence-corrected chi connectivity index (χ1v) is 9.74. The molecule has 0 bridgehead atoms. The molecule has 0 unspecified atom stereocenters. The molecule has 9 heteroatoms. The van der Waals surface area contributed by atoms with Crippen LogP contribution < -0.4 is 20.5 Å². The van der Waals surface area contributed by atoms with E-state index in [1.54, 1.807) is 30.5 Å². The van der Waals surface area contributed by atoms with Crippen LogP contribution in [0.1, 0.15) is 5.56 Å². The Morgan fingerprint density at radius 3 is 2.84 bits per heavy atom. The maximum atomic E-state index is 10.9. The molecule has 0 aliphatic heterocycles. The van der Waals surface area contributed by atoms with Gasteiger partial charge in [-0.25, -0.2) is 4.98 Å². The number of halogens is 1. The predicted molar refractivity (Wildman–Crippen MR) is 117 cm³/mol. The van der Waals surface area contributed by atoms with E-state index in [2.05, 4.69) is 15.3 Å². The fourth-order valence-electron chi connectivity index (χ4n) is 2.98. The van der Waals surface area contributed by atoms with E-state index in [0.29, 0.717) is 45.8 Å². The Morgan fingerprint density at radius 2 is 2.06 bits per heavy atom. The molecule has 1 amide bonds. The van der Waals surface area contributed by atoms with Gasteiger partial charge in [-0.15, -0.1) is 0 Å². The maximum absolute atomic E-state index is 10.9. The molecular formula is C22H19ClN4O4. The summed E-state index contributed by atoms with van der Waals surface area (Å²) in [6.07, 6.45) is 1.66. The summed E-state index contributed by atoms with van der Waals surface area (Å²) in [7, 11) is 1.53. The molecule has 158 valence electrons. The first-order chi connectivity index (χ1) is 15.0. The zero-order valence-electron chi connectivity index (χ0n) is 16.6. The standard InChI is InChI=1S/C22H19ClN4O4/c1-29-19-9-13(4-7-17(19)30-12-20(24)28)11-26-14-5-6-16(23)15(10-14)22-27-21-18(31-22)3-2-8-25-21/h2-10,26H,11-12H2,1H3,(H2,24,28). The van der Waals surface area contributed by atoms with Crippen LogP contribution in [0.15, 0.2) is 59.1 Å². The number of primary amides is 1. The Morgan fingerprint density at radius 1 is 1.19 bits per heavy atom. The van der Waals surface area contributed by atoms with Crippen molar-refractivity contribution in [1.29, 1.82) is 0 Å². The van der Waals surface area contributed by atoms with Gasteiger partial charge in [-0.05, 0) is 48.0 Å². The molecule has 2 aromatic heterocycles. The number of rotatable bonds is 8. The number of nitrogens with zero attached hydrogens (tertiary/aromatic N) is 2. The van der Waals surface area contributed by atoms with Gasteiger partial charge in [0.15, 0.2) is 29.3 Å². The third-order valence-electron chi connectivity index (χ3n) is 4.46. The number of carbonyl (C=O) groups is 1. The van der Waals surface area contributed by atoms with Crippen LogP contribution in [0.3, 0.4) is 0 Å². The topological polar surface area (TPSA) is 112 Å². The predicted octanol–water partition coefficient (Wildman–Crippen LogP) is 4.03. The van der Waals surface area contributed by atoms with Gasteiger partial charge in [-0.3, -0.25) is 4.79 Å². The number of aromatic nitrogens is 2. The average Bonchev–Trinajstić information content (AvgIpc) is 3.21. The van der Waals surface area contributed by atoms with Crippen molar-refractivity contribution in [2.45, 2.75) is 6.54 Å². The number of pyridine rings is 1. The van der Waals surface area contributed by atoms with Crippen LogP contribution >= 0.6 is 11.6 Å². The number of oxazole rings is 1. The Kier molecular flexibility index (Phi) is 5.90. The minimum atomic E-state index is -0.555. The van der Waals surface area contributed by atoms with E-state index >= 15 is 0 Å². The molecule has 0 radical (unpaired) electrons. The van der Waals surface area contributed by atoms with Crippen molar-refractivity contribution in [1.82, 2.24) is 9.97 Å². The third-order valence-corrected chi connectivity index (χ3v) is 4.79. The number of benzene rings is 2. The highest BCUT2D eigenvalue weighted by atomic mass is 35.5. The van der Waals surface area contributed by atoms with Gasteiger partial charge in [0.25, 0.3) is 5.91 Å². The quantitative estimate of drug-likeness (QED) is 0.427. The van der Waals surface area contributed by atoms with Gasteiger partial charge in [0, 0.05) is 18.4 Å². The molecule has 2 aromatic carbocycles. The van der Waals surface area contributed by atoms with E-state index < -0.39 is 5.91 Å². The van der Waals surface area contributed by atoms with E-state index in [9.17, 15) is 4.79 Å². The van der Waals surface area contributed by atoms with Gasteiger partial charge in [0.2, 0.25) is 5.89 Å². The number of fused-ring (bicyclic) bond motifs is 1. The number of methoxy groups -OCH3 is 1. The lowest BCUT2D eigenvalue weighted by atomic mass is 10.1. The van der Waals surface area contributed by atoms with E-state index in [0.717, 1.165) is 11.3 Å². The molecule has 4 aromatic rings. The fraction of sp³-hybridized carbons (Fsp3) is 0.136. The van der Waals surface area contributed by atoms with E-state index in [-0.39, 0.29) is 6.61 Å². The number of amides is 1. The molecule has 0 aliphatic carbocycles. The van der Waals surface area contributed by atoms with Crippen molar-refractivity contribution in [3.63, 3.8) is 0 Å². The lowest BCUT2D eigenvalue weighted by Crippen LogP contribution is -2.20. The minimum Gasteiger partial charge on any atom is -0.493 e. The molecule has 3 N–H and O–H groups in total. The van der Waals surface area contributed by atoms with Crippen molar-refractivity contribution in [2.24, 2.45) is 5.73 Å². The van der Waals surface area contributed by atoms with Gasteiger partial charge in [-0.2, -0.15) is 4.98 Å². The maximum Gasteiger partial charge on any atom is 0.255 e. The molecular weight excluding hydrogens is 420 g/mol. The summed E-state index contributed by atoms with van der Waals surface area (Å²) in [6, 6.07) is 14.5. The summed E-state index contributed by atoms with van der Waals surface area (Å²) in [5.41, 5.74) is 8.69. The Hall–Kier alpha value is -3.78. The van der Waals surface area contributed by atoms with Crippen LogP contribution in [-0.2, 0) is 11.3 Å². The van der Waals surface area contributed by atoms with Crippen LogP contribution in [0.4, 0.5) is 5.69 Å². The molecule has 0 spiro atoms. The highest BCUT2D eigenvalue weighted by molar-refractivity contribution is 6.33. The second kappa shape index (κ2) is 8.93. The second-order valence-corrected chi connectivity index (χ2v) is 7.04. The molecule has 8 nitrogen and oxygen atoms in total. The lowest BCUT2D eigenvalue weighted by molar-refractivity contribution is -0.119. The Labute approximate surface area is 183 Å². The minimum absolute atomic E-state index is 0.215. The molecule has 0 aliphatic rings. The van der Waals surface area contributed by atoms with Crippen LogP contribution in [0.2, 0.25) is 5.02 Å². The normalized spacial score (nSPS) is 10.8. The van der Waals surface area contributed by atoms with Crippen molar-refractivity contribution < 1.29 is 18.7 Å². The van der Waals surface area contributed by atoms with E-state index in [1.165, 1.54) is 7.11 Å². The third kappa shape index (κ3) is 4.70. The smallest absolute Gasteiger partial charge is 0.255 e. The summed E-state index contributed by atoms with van der Waals surface area (Å²) >= 11 is 6.37. The largest absolute Gasteiger partial charge is 0.493 e. The van der Waals surface area contributed by atoms with Gasteiger partial charge in [0.05, 0.1) is 17.7 Å². The number of nitrogens with two attached hydrogens (primary N) is 1. The zero-order valence-corrected chi connectivity index (χ0v) is 17.3. The first kappa shape index (κ1) is 20.5. The molecule has 4 rings (SSSR count). The van der Waals surface area contributed by atoms with Gasteiger partial charge < -0.3 is 24.9 Å². The molecule has 2 heterocycles. The SMILES string of the molecule is COc1cc(CNc2ccc(Cl)c(-c3nc4ncccc4o3)c2)ccc1OCC(N)=O. The van der Waals surface area contributed by atoms with Crippen LogP contribution in [-0.4, -0.2) is 29.6 Å². The fourth-order valence-corrected chi connectivity index (χ4v) is 3.18. The van der Waals surface area contributed by atoms with E-state index in [1.807, 2.05) is 24.3 Å². The monoisotopic (exact) mass is 438 g/mol. The average molecular weight is 439 g/mol. The van der Waals surface area contributed by atoms with Crippen LogP contribution in [0.5, 0.6) is 11.5 Å². The molecule has 31 heavy (non-hydrogen) atoms. The summed E-state index contributed by atoms with van der Waals surface area (Å²) < 4.78 is 16.5. The summed E-state index contributed by atoms with van der Waals surface area (Å²) in [5, 5.41) is 3.86. The molecule has 0 atom stereocenters. The Balaban J connectivity index is 1.51. The van der Waals surface area contributed by atoms with Crippen LogP contribution in [0.25, 0.3) is 22.7 Å². The number of carbonyl (C=O) groups excluding carboxylic acids is 1. The summed E-state index contributed by atoms with van der Waals surface area (Å²) in [5.74, 6) is 0.806. The van der Waals surface area contributed by atoms with Gasteiger partial charge in [0.1, 0.15) is 0 Å². The van der Waals surface area contributed by atoms with Gasteiger partial charge in [-0.1, -0.05) is 17.7 Å². The number of hydrogen-bond acceptors (Lipinski definition) is 7. The number of hydrogen-bond donors (Lipinski definition) is 2. The zero-order chi connectivity index (χ0) is 21.8. The van der Waals surface area contributed by atoms with E-state index in [4.69, 9.17) is 31.2 Å². The first-order valence-electron chi connectivity index (χ1n) is 9.37.